The average Bonchev–Trinajstić information content (AvgIpc) is 2.61. The lowest BCUT2D eigenvalue weighted by atomic mass is 10.1. The van der Waals surface area contributed by atoms with Gasteiger partial charge in [-0.3, -0.25) is 4.79 Å². The van der Waals surface area contributed by atoms with Crippen molar-refractivity contribution < 1.29 is 13.2 Å². The highest BCUT2D eigenvalue weighted by Gasteiger charge is 2.20. The van der Waals surface area contributed by atoms with Gasteiger partial charge in [-0.2, -0.15) is 0 Å². The van der Waals surface area contributed by atoms with Gasteiger partial charge in [0.25, 0.3) is 0 Å². The molecule has 1 amide bonds. The van der Waals surface area contributed by atoms with Gasteiger partial charge in [-0.05, 0) is 44.4 Å². The lowest BCUT2D eigenvalue weighted by Gasteiger charge is -2.27. The van der Waals surface area contributed by atoms with E-state index in [1.807, 2.05) is 11.8 Å². The molecule has 0 saturated carbocycles. The number of hydrogen-bond donors (Lipinski definition) is 2. The van der Waals surface area contributed by atoms with Crippen molar-refractivity contribution in [3.8, 4) is 0 Å². The largest absolute Gasteiger partial charge is 0.384 e. The Labute approximate surface area is 150 Å². The Morgan fingerprint density at radius 2 is 1.80 bits per heavy atom. The number of piperidine rings is 1. The second kappa shape index (κ2) is 8.53. The van der Waals surface area contributed by atoms with E-state index in [2.05, 4.69) is 10.6 Å². The van der Waals surface area contributed by atoms with Crippen molar-refractivity contribution in [1.29, 1.82) is 0 Å². The molecular weight excluding hydrogens is 340 g/mol. The van der Waals surface area contributed by atoms with Gasteiger partial charge in [0.2, 0.25) is 15.9 Å². The maximum atomic E-state index is 12.3. The Morgan fingerprint density at radius 1 is 1.12 bits per heavy atom. The van der Waals surface area contributed by atoms with Crippen molar-refractivity contribution in [1.82, 2.24) is 9.21 Å². The van der Waals surface area contributed by atoms with Crippen LogP contribution in [0.3, 0.4) is 0 Å². The number of anilines is 2. The molecule has 140 valence electrons. The summed E-state index contributed by atoms with van der Waals surface area (Å²) in [5.41, 5.74) is 1.40. The van der Waals surface area contributed by atoms with Crippen LogP contribution in [0.25, 0.3) is 0 Å². The van der Waals surface area contributed by atoms with E-state index in [1.54, 1.807) is 18.2 Å². The number of likely N-dealkylation sites (tertiary alicyclic amines) is 1. The Balaban J connectivity index is 2.17. The molecule has 1 aromatic rings. The number of rotatable bonds is 7. The summed E-state index contributed by atoms with van der Waals surface area (Å²) in [5.74, 6) is 0.0445. The fraction of sp³-hybridized carbons (Fsp3) is 0.588. The number of amides is 1. The molecule has 1 aliphatic rings. The Bertz CT molecular complexity index is 698. The zero-order valence-electron chi connectivity index (χ0n) is 15.2. The highest BCUT2D eigenvalue weighted by atomic mass is 32.2. The van der Waals surface area contributed by atoms with E-state index < -0.39 is 10.0 Å². The maximum Gasteiger partial charge on any atom is 0.242 e. The molecule has 0 aliphatic carbocycles. The molecule has 7 nitrogen and oxygen atoms in total. The minimum absolute atomic E-state index is 0.0445. The molecule has 1 aliphatic heterocycles. The van der Waals surface area contributed by atoms with Gasteiger partial charge in [-0.15, -0.1) is 0 Å². The van der Waals surface area contributed by atoms with E-state index >= 15 is 0 Å². The van der Waals surface area contributed by atoms with Crippen molar-refractivity contribution >= 4 is 27.3 Å². The van der Waals surface area contributed by atoms with Crippen LogP contribution < -0.4 is 10.6 Å². The molecule has 2 rings (SSSR count). The molecule has 0 unspecified atom stereocenters. The number of carbonyl (C=O) groups excluding carboxylic acids is 1. The molecule has 2 N–H and O–H groups in total. The van der Waals surface area contributed by atoms with Gasteiger partial charge in [0.1, 0.15) is 0 Å². The van der Waals surface area contributed by atoms with E-state index in [0.29, 0.717) is 12.2 Å². The zero-order valence-corrected chi connectivity index (χ0v) is 16.0. The third kappa shape index (κ3) is 4.85. The standard InChI is InChI=1S/C17H28N4O3S/c1-4-18-15-9-8-14(25(23,24)20(2)3)12-16(15)19-13-17(22)21-10-6-5-7-11-21/h8-9,12,18-19H,4-7,10-11,13H2,1-3H3. The summed E-state index contributed by atoms with van der Waals surface area (Å²) >= 11 is 0. The summed E-state index contributed by atoms with van der Waals surface area (Å²) in [6.07, 6.45) is 3.27. The van der Waals surface area contributed by atoms with E-state index in [1.165, 1.54) is 24.8 Å². The smallest absolute Gasteiger partial charge is 0.242 e. The molecule has 0 spiro atoms. The van der Waals surface area contributed by atoms with Crippen molar-refractivity contribution in [2.24, 2.45) is 0 Å². The van der Waals surface area contributed by atoms with Crippen LogP contribution in [0.5, 0.6) is 0 Å². The number of carbonyl (C=O) groups is 1. The van der Waals surface area contributed by atoms with Gasteiger partial charge in [-0.1, -0.05) is 0 Å². The second-order valence-corrected chi connectivity index (χ2v) is 8.47. The summed E-state index contributed by atoms with van der Waals surface area (Å²) in [7, 11) is -0.519. The average molecular weight is 369 g/mol. The highest BCUT2D eigenvalue weighted by molar-refractivity contribution is 7.89. The first-order valence-corrected chi connectivity index (χ1v) is 10.1. The van der Waals surface area contributed by atoms with Crippen molar-refractivity contribution in [2.45, 2.75) is 31.1 Å². The van der Waals surface area contributed by atoms with Crippen molar-refractivity contribution in [3.05, 3.63) is 18.2 Å². The molecule has 1 heterocycles. The molecule has 0 aromatic heterocycles. The number of benzene rings is 1. The van der Waals surface area contributed by atoms with E-state index in [-0.39, 0.29) is 17.3 Å². The van der Waals surface area contributed by atoms with Gasteiger partial charge >= 0.3 is 0 Å². The van der Waals surface area contributed by atoms with Crippen LogP contribution >= 0.6 is 0 Å². The molecule has 0 bridgehead atoms. The summed E-state index contributed by atoms with van der Waals surface area (Å²) in [4.78, 5) is 14.4. The third-order valence-electron chi connectivity index (χ3n) is 4.28. The predicted octanol–water partition coefficient (Wildman–Crippen LogP) is 1.79. The van der Waals surface area contributed by atoms with E-state index in [4.69, 9.17) is 0 Å². The molecule has 8 heteroatoms. The predicted molar refractivity (Wildman–Crippen MR) is 100 cm³/mol. The quantitative estimate of drug-likeness (QED) is 0.767. The first-order valence-electron chi connectivity index (χ1n) is 8.68. The normalized spacial score (nSPS) is 15.3. The van der Waals surface area contributed by atoms with Crippen LogP contribution in [-0.4, -0.2) is 63.8 Å². The van der Waals surface area contributed by atoms with Crippen LogP contribution in [0.2, 0.25) is 0 Å². The van der Waals surface area contributed by atoms with Crippen LogP contribution in [-0.2, 0) is 14.8 Å². The first-order chi connectivity index (χ1) is 11.9. The number of nitrogens with one attached hydrogen (secondary N) is 2. The number of sulfonamides is 1. The lowest BCUT2D eigenvalue weighted by molar-refractivity contribution is -0.130. The summed E-state index contributed by atoms with van der Waals surface area (Å²) in [6.45, 7) is 4.43. The van der Waals surface area contributed by atoms with E-state index in [0.717, 1.165) is 31.6 Å². The van der Waals surface area contributed by atoms with Crippen LogP contribution in [0.1, 0.15) is 26.2 Å². The fourth-order valence-electron chi connectivity index (χ4n) is 2.81. The van der Waals surface area contributed by atoms with Crippen LogP contribution in [0.4, 0.5) is 11.4 Å². The van der Waals surface area contributed by atoms with Crippen molar-refractivity contribution in [2.75, 3.05) is 50.9 Å². The zero-order chi connectivity index (χ0) is 18.4. The fourth-order valence-corrected chi connectivity index (χ4v) is 3.74. The van der Waals surface area contributed by atoms with Gasteiger partial charge in [0.15, 0.2) is 0 Å². The Kier molecular flexibility index (Phi) is 6.66. The van der Waals surface area contributed by atoms with Gasteiger partial charge in [0.05, 0.1) is 22.8 Å². The maximum absolute atomic E-state index is 12.3. The van der Waals surface area contributed by atoms with Gasteiger partial charge in [0, 0.05) is 33.7 Å². The minimum atomic E-state index is -3.52. The molecular formula is C17H28N4O3S. The summed E-state index contributed by atoms with van der Waals surface area (Å²) < 4.78 is 25.9. The summed E-state index contributed by atoms with van der Waals surface area (Å²) in [5, 5.41) is 6.30. The molecule has 1 fully saturated rings. The first kappa shape index (κ1) is 19.5. The second-order valence-electron chi connectivity index (χ2n) is 6.32. The van der Waals surface area contributed by atoms with Crippen LogP contribution in [0.15, 0.2) is 23.1 Å². The molecule has 0 radical (unpaired) electrons. The monoisotopic (exact) mass is 368 g/mol. The van der Waals surface area contributed by atoms with E-state index in [9.17, 15) is 13.2 Å². The molecule has 25 heavy (non-hydrogen) atoms. The molecule has 1 saturated heterocycles. The SMILES string of the molecule is CCNc1ccc(S(=O)(=O)N(C)C)cc1NCC(=O)N1CCCCC1. The van der Waals surface area contributed by atoms with Crippen LogP contribution in [0, 0.1) is 0 Å². The lowest BCUT2D eigenvalue weighted by Crippen LogP contribution is -2.39. The number of hydrogen-bond acceptors (Lipinski definition) is 5. The Hall–Kier alpha value is -1.80. The summed E-state index contributed by atoms with van der Waals surface area (Å²) in [6, 6.07) is 4.88. The Morgan fingerprint density at radius 3 is 2.40 bits per heavy atom. The van der Waals surface area contributed by atoms with Gasteiger partial charge < -0.3 is 15.5 Å². The topological polar surface area (TPSA) is 81.8 Å². The minimum Gasteiger partial charge on any atom is -0.384 e. The number of nitrogens with zero attached hydrogens (tertiary/aromatic N) is 2. The van der Waals surface area contributed by atoms with Gasteiger partial charge in [-0.25, -0.2) is 12.7 Å². The van der Waals surface area contributed by atoms with Crippen molar-refractivity contribution in [3.63, 3.8) is 0 Å². The molecule has 0 atom stereocenters. The third-order valence-corrected chi connectivity index (χ3v) is 6.09. The molecule has 1 aromatic carbocycles. The highest BCUT2D eigenvalue weighted by Crippen LogP contribution is 2.26.